The van der Waals surface area contributed by atoms with Crippen LogP contribution in [0.4, 0.5) is 0 Å². The third kappa shape index (κ3) is 3.07. The van der Waals surface area contributed by atoms with Crippen LogP contribution in [0.15, 0.2) is 24.3 Å². The van der Waals surface area contributed by atoms with Crippen LogP contribution in [0.3, 0.4) is 0 Å². The molecule has 0 bridgehead atoms. The molecule has 16 heavy (non-hydrogen) atoms. The molecule has 86 valence electrons. The van der Waals surface area contributed by atoms with Crippen LogP contribution in [0.5, 0.6) is 5.06 Å². The van der Waals surface area contributed by atoms with Crippen LogP contribution in [0.25, 0.3) is 0 Å². The van der Waals surface area contributed by atoms with Crippen molar-refractivity contribution >= 4 is 22.7 Å². The van der Waals surface area contributed by atoms with Crippen molar-refractivity contribution in [1.29, 1.82) is 0 Å². The minimum atomic E-state index is 0.908. The fourth-order valence-electron chi connectivity index (χ4n) is 1.45. The molecule has 0 amide bonds. The predicted octanol–water partition coefficient (Wildman–Crippen LogP) is 3.42. The summed E-state index contributed by atoms with van der Waals surface area (Å²) in [5, 5.41) is 4.41. The maximum absolute atomic E-state index is 5.16. The molecule has 0 aliphatic rings. The number of nitrogens with one attached hydrogen (secondary N) is 1. The average molecular weight is 253 g/mol. The molecule has 2 heterocycles. The molecular weight excluding hydrogens is 238 g/mol. The molecule has 0 aliphatic carbocycles. The number of rotatable bonds is 5. The molecule has 2 aromatic heterocycles. The first-order valence-corrected chi connectivity index (χ1v) is 6.80. The summed E-state index contributed by atoms with van der Waals surface area (Å²) in [5.74, 6) is 0. The summed E-state index contributed by atoms with van der Waals surface area (Å²) >= 11 is 3.54. The van der Waals surface area contributed by atoms with E-state index < -0.39 is 0 Å². The number of ether oxygens (including phenoxy) is 1. The van der Waals surface area contributed by atoms with Crippen molar-refractivity contribution in [3.05, 3.63) is 38.9 Å². The van der Waals surface area contributed by atoms with Gasteiger partial charge in [-0.2, -0.15) is 0 Å². The quantitative estimate of drug-likeness (QED) is 0.881. The van der Waals surface area contributed by atoms with E-state index in [2.05, 4.69) is 30.4 Å². The van der Waals surface area contributed by atoms with E-state index in [1.807, 2.05) is 17.4 Å². The Labute approximate surface area is 104 Å². The minimum Gasteiger partial charge on any atom is -0.487 e. The molecule has 0 aromatic carbocycles. The van der Waals surface area contributed by atoms with Crippen molar-refractivity contribution in [3.8, 4) is 5.06 Å². The van der Waals surface area contributed by atoms with Gasteiger partial charge in [0.05, 0.1) is 7.11 Å². The van der Waals surface area contributed by atoms with Crippen LogP contribution < -0.4 is 10.1 Å². The van der Waals surface area contributed by atoms with Crippen LogP contribution in [-0.4, -0.2) is 7.11 Å². The van der Waals surface area contributed by atoms with E-state index in [-0.39, 0.29) is 0 Å². The number of methoxy groups -OCH3 is 1. The normalized spacial score (nSPS) is 10.6. The first-order chi connectivity index (χ1) is 7.78. The Kier molecular flexibility index (Phi) is 3.98. The summed E-state index contributed by atoms with van der Waals surface area (Å²) in [5.41, 5.74) is 0. The summed E-state index contributed by atoms with van der Waals surface area (Å²) in [7, 11) is 1.71. The molecule has 0 fully saturated rings. The van der Waals surface area contributed by atoms with Gasteiger partial charge in [0, 0.05) is 27.7 Å². The highest BCUT2D eigenvalue weighted by atomic mass is 32.1. The summed E-state index contributed by atoms with van der Waals surface area (Å²) in [4.78, 5) is 4.07. The van der Waals surface area contributed by atoms with Gasteiger partial charge < -0.3 is 10.1 Å². The lowest BCUT2D eigenvalue weighted by atomic mass is 10.4. The Morgan fingerprint density at radius 1 is 1.06 bits per heavy atom. The topological polar surface area (TPSA) is 21.3 Å². The molecule has 2 aromatic rings. The van der Waals surface area contributed by atoms with Crippen molar-refractivity contribution in [2.45, 2.75) is 20.0 Å². The minimum absolute atomic E-state index is 0.908. The summed E-state index contributed by atoms with van der Waals surface area (Å²) in [6.45, 7) is 3.99. The second-order valence-electron chi connectivity index (χ2n) is 3.54. The van der Waals surface area contributed by atoms with Crippen molar-refractivity contribution in [2.24, 2.45) is 0 Å². The first-order valence-electron chi connectivity index (χ1n) is 5.16. The molecule has 0 atom stereocenters. The lowest BCUT2D eigenvalue weighted by Gasteiger charge is -2.00. The smallest absolute Gasteiger partial charge is 0.173 e. The monoisotopic (exact) mass is 253 g/mol. The van der Waals surface area contributed by atoms with Gasteiger partial charge in [0.15, 0.2) is 5.06 Å². The largest absolute Gasteiger partial charge is 0.487 e. The number of hydrogen-bond acceptors (Lipinski definition) is 4. The highest BCUT2D eigenvalue weighted by Crippen LogP contribution is 2.23. The molecule has 0 radical (unpaired) electrons. The van der Waals surface area contributed by atoms with Gasteiger partial charge in [-0.15, -0.1) is 22.7 Å². The highest BCUT2D eigenvalue weighted by molar-refractivity contribution is 7.13. The zero-order valence-corrected chi connectivity index (χ0v) is 11.1. The van der Waals surface area contributed by atoms with Crippen molar-refractivity contribution in [3.63, 3.8) is 0 Å². The second-order valence-corrected chi connectivity index (χ2v) is 6.04. The summed E-state index contributed by atoms with van der Waals surface area (Å²) in [6, 6.07) is 8.46. The fraction of sp³-hybridized carbons (Fsp3) is 0.333. The Balaban J connectivity index is 1.79. The van der Waals surface area contributed by atoms with E-state index in [9.17, 15) is 0 Å². The third-order valence-electron chi connectivity index (χ3n) is 2.23. The van der Waals surface area contributed by atoms with E-state index in [0.717, 1.165) is 18.2 Å². The molecule has 0 saturated carbocycles. The van der Waals surface area contributed by atoms with Gasteiger partial charge in [-0.3, -0.25) is 0 Å². The molecule has 1 N–H and O–H groups in total. The second kappa shape index (κ2) is 5.48. The lowest BCUT2D eigenvalue weighted by molar-refractivity contribution is 0.427. The molecule has 0 aliphatic heterocycles. The van der Waals surface area contributed by atoms with Crippen LogP contribution >= 0.6 is 22.7 Å². The fourth-order valence-corrected chi connectivity index (χ4v) is 3.10. The van der Waals surface area contributed by atoms with Gasteiger partial charge in [0.25, 0.3) is 0 Å². The van der Waals surface area contributed by atoms with Gasteiger partial charge in [0.1, 0.15) is 0 Å². The van der Waals surface area contributed by atoms with E-state index in [1.54, 1.807) is 18.4 Å². The van der Waals surface area contributed by atoms with E-state index in [4.69, 9.17) is 4.74 Å². The number of thiophene rings is 2. The number of aryl methyl sites for hydroxylation is 1. The molecule has 0 saturated heterocycles. The summed E-state index contributed by atoms with van der Waals surface area (Å²) in [6.07, 6.45) is 0. The molecule has 0 unspecified atom stereocenters. The van der Waals surface area contributed by atoms with E-state index in [0.29, 0.717) is 0 Å². The lowest BCUT2D eigenvalue weighted by Crippen LogP contribution is -2.10. The van der Waals surface area contributed by atoms with Crippen molar-refractivity contribution in [2.75, 3.05) is 7.11 Å². The Morgan fingerprint density at radius 2 is 1.75 bits per heavy atom. The van der Waals surface area contributed by atoms with Gasteiger partial charge in [0.2, 0.25) is 0 Å². The Hall–Kier alpha value is -0.840. The molecular formula is C12H15NOS2. The van der Waals surface area contributed by atoms with Crippen molar-refractivity contribution in [1.82, 2.24) is 5.32 Å². The van der Waals surface area contributed by atoms with Crippen LogP contribution in [-0.2, 0) is 13.1 Å². The Bertz CT molecular complexity index is 447. The van der Waals surface area contributed by atoms with Crippen molar-refractivity contribution < 1.29 is 4.74 Å². The Morgan fingerprint density at radius 3 is 2.31 bits per heavy atom. The summed E-state index contributed by atoms with van der Waals surface area (Å²) < 4.78 is 5.16. The zero-order chi connectivity index (χ0) is 11.4. The van der Waals surface area contributed by atoms with Crippen LogP contribution in [0.2, 0.25) is 0 Å². The molecule has 0 spiro atoms. The number of hydrogen-bond donors (Lipinski definition) is 1. The molecule has 2 nitrogen and oxygen atoms in total. The highest BCUT2D eigenvalue weighted by Gasteiger charge is 2.00. The first kappa shape index (κ1) is 11.6. The molecule has 4 heteroatoms. The van der Waals surface area contributed by atoms with Crippen LogP contribution in [0, 0.1) is 6.92 Å². The van der Waals surface area contributed by atoms with Gasteiger partial charge >= 0.3 is 0 Å². The zero-order valence-electron chi connectivity index (χ0n) is 9.45. The maximum Gasteiger partial charge on any atom is 0.173 e. The van der Waals surface area contributed by atoms with Gasteiger partial charge in [-0.1, -0.05) is 0 Å². The standard InChI is InChI=1S/C12H15NOS2/c1-9-3-4-10(15-9)7-13-8-11-5-6-12(14-2)16-11/h3-6,13H,7-8H2,1-2H3. The third-order valence-corrected chi connectivity index (χ3v) is 4.28. The van der Waals surface area contributed by atoms with E-state index in [1.165, 1.54) is 14.6 Å². The SMILES string of the molecule is COc1ccc(CNCc2ccc(C)s2)s1. The predicted molar refractivity (Wildman–Crippen MR) is 70.5 cm³/mol. The van der Waals surface area contributed by atoms with Crippen LogP contribution in [0.1, 0.15) is 14.6 Å². The maximum atomic E-state index is 5.16. The molecule has 2 rings (SSSR count). The van der Waals surface area contributed by atoms with Gasteiger partial charge in [-0.25, -0.2) is 0 Å². The van der Waals surface area contributed by atoms with Gasteiger partial charge in [-0.05, 0) is 31.2 Å². The van der Waals surface area contributed by atoms with E-state index >= 15 is 0 Å². The average Bonchev–Trinajstić information content (AvgIpc) is 2.88.